The Balaban J connectivity index is 1.72. The molecule has 1 fully saturated rings. The summed E-state index contributed by atoms with van der Waals surface area (Å²) in [6.07, 6.45) is 4.96. The van der Waals surface area contributed by atoms with Gasteiger partial charge in [0.1, 0.15) is 0 Å². The lowest BCUT2D eigenvalue weighted by molar-refractivity contribution is 0.0690. The van der Waals surface area contributed by atoms with Gasteiger partial charge in [0.2, 0.25) is 0 Å². The lowest BCUT2D eigenvalue weighted by atomic mass is 10.1. The van der Waals surface area contributed by atoms with Crippen LogP contribution in [0.1, 0.15) is 28.8 Å². The maximum absolute atomic E-state index is 13.1. The molecule has 2 heterocycles. The van der Waals surface area contributed by atoms with Gasteiger partial charge in [-0.2, -0.15) is 5.10 Å². The fourth-order valence-corrected chi connectivity index (χ4v) is 5.26. The Morgan fingerprint density at radius 3 is 2.54 bits per heavy atom. The standard InChI is InChI=1S/C20H28N4O3S/c1-22(2)11-4-13-24(19-9-14-28(26,27)16-19)20(25)18-7-5-17(6-8-18)15-23-12-3-10-21-23/h3,5-8,10,12,19H,4,9,11,13-16H2,1-2H3. The van der Waals surface area contributed by atoms with Gasteiger partial charge >= 0.3 is 0 Å². The number of benzene rings is 1. The van der Waals surface area contributed by atoms with E-state index in [1.165, 1.54) is 0 Å². The van der Waals surface area contributed by atoms with Gasteiger partial charge in [0, 0.05) is 30.5 Å². The molecule has 1 aromatic carbocycles. The van der Waals surface area contributed by atoms with Crippen LogP contribution in [0.4, 0.5) is 0 Å². The minimum Gasteiger partial charge on any atom is -0.335 e. The average Bonchev–Trinajstić information content (AvgIpc) is 3.28. The van der Waals surface area contributed by atoms with Gasteiger partial charge < -0.3 is 9.80 Å². The number of nitrogens with zero attached hydrogens (tertiary/aromatic N) is 4. The minimum atomic E-state index is -3.05. The first kappa shape index (κ1) is 20.5. The largest absolute Gasteiger partial charge is 0.335 e. The van der Waals surface area contributed by atoms with Gasteiger partial charge in [0.25, 0.3) is 5.91 Å². The predicted molar refractivity (Wildman–Crippen MR) is 109 cm³/mol. The first-order valence-electron chi connectivity index (χ1n) is 9.56. The van der Waals surface area contributed by atoms with Crippen molar-refractivity contribution in [1.29, 1.82) is 0 Å². The number of hydrogen-bond donors (Lipinski definition) is 0. The fourth-order valence-electron chi connectivity index (χ4n) is 3.53. The average molecular weight is 405 g/mol. The second-order valence-electron chi connectivity index (χ2n) is 7.61. The van der Waals surface area contributed by atoms with Crippen molar-refractivity contribution >= 4 is 15.7 Å². The highest BCUT2D eigenvalue weighted by molar-refractivity contribution is 7.91. The number of sulfone groups is 1. The zero-order valence-corrected chi connectivity index (χ0v) is 17.3. The molecule has 0 spiro atoms. The van der Waals surface area contributed by atoms with Crippen molar-refractivity contribution < 1.29 is 13.2 Å². The van der Waals surface area contributed by atoms with Crippen LogP contribution < -0.4 is 0 Å². The van der Waals surface area contributed by atoms with Gasteiger partial charge in [-0.05, 0) is 57.2 Å². The highest BCUT2D eigenvalue weighted by Gasteiger charge is 2.34. The Morgan fingerprint density at radius 2 is 1.96 bits per heavy atom. The monoisotopic (exact) mass is 404 g/mol. The minimum absolute atomic E-state index is 0.0675. The molecule has 7 nitrogen and oxygen atoms in total. The second kappa shape index (κ2) is 8.87. The third-order valence-corrected chi connectivity index (χ3v) is 6.77. The SMILES string of the molecule is CN(C)CCCN(C(=O)c1ccc(Cn2cccn2)cc1)C1CCS(=O)(=O)C1. The zero-order chi connectivity index (χ0) is 20.1. The highest BCUT2D eigenvalue weighted by atomic mass is 32.2. The van der Waals surface area contributed by atoms with Crippen molar-refractivity contribution in [2.75, 3.05) is 38.7 Å². The van der Waals surface area contributed by atoms with E-state index in [0.717, 1.165) is 18.5 Å². The first-order valence-corrected chi connectivity index (χ1v) is 11.4. The summed E-state index contributed by atoms with van der Waals surface area (Å²) in [5.74, 6) is 0.141. The Morgan fingerprint density at radius 1 is 1.21 bits per heavy atom. The van der Waals surface area contributed by atoms with Crippen LogP contribution in [0.25, 0.3) is 0 Å². The van der Waals surface area contributed by atoms with Crippen molar-refractivity contribution in [2.24, 2.45) is 0 Å². The number of carbonyl (C=O) groups excluding carboxylic acids is 1. The Hall–Kier alpha value is -2.19. The van der Waals surface area contributed by atoms with Gasteiger partial charge in [-0.1, -0.05) is 12.1 Å². The number of aromatic nitrogens is 2. The smallest absolute Gasteiger partial charge is 0.254 e. The van der Waals surface area contributed by atoms with E-state index in [2.05, 4.69) is 10.00 Å². The molecule has 1 aliphatic heterocycles. The predicted octanol–water partition coefficient (Wildman–Crippen LogP) is 1.51. The van der Waals surface area contributed by atoms with Crippen LogP contribution >= 0.6 is 0 Å². The summed E-state index contributed by atoms with van der Waals surface area (Å²) in [4.78, 5) is 17.0. The lowest BCUT2D eigenvalue weighted by Gasteiger charge is -2.29. The molecule has 1 unspecified atom stereocenters. The Labute approximate surface area is 166 Å². The van der Waals surface area contributed by atoms with Gasteiger partial charge in [-0.25, -0.2) is 8.42 Å². The number of amides is 1. The van der Waals surface area contributed by atoms with Crippen molar-refractivity contribution in [3.63, 3.8) is 0 Å². The molecule has 8 heteroatoms. The topological polar surface area (TPSA) is 75.5 Å². The maximum Gasteiger partial charge on any atom is 0.254 e. The highest BCUT2D eigenvalue weighted by Crippen LogP contribution is 2.21. The normalized spacial score (nSPS) is 18.5. The summed E-state index contributed by atoms with van der Waals surface area (Å²) >= 11 is 0. The van der Waals surface area contributed by atoms with Crippen LogP contribution in [0.5, 0.6) is 0 Å². The number of rotatable bonds is 8. The molecule has 152 valence electrons. The Bertz CT molecular complexity index is 877. The zero-order valence-electron chi connectivity index (χ0n) is 16.5. The van der Waals surface area contributed by atoms with Crippen LogP contribution in [0.15, 0.2) is 42.7 Å². The summed E-state index contributed by atoms with van der Waals surface area (Å²) in [5, 5.41) is 4.19. The number of hydrogen-bond acceptors (Lipinski definition) is 5. The molecule has 1 aliphatic rings. The summed E-state index contributed by atoms with van der Waals surface area (Å²) in [7, 11) is 0.934. The summed E-state index contributed by atoms with van der Waals surface area (Å²) in [6.45, 7) is 2.06. The molecule has 28 heavy (non-hydrogen) atoms. The van der Waals surface area contributed by atoms with Crippen molar-refractivity contribution in [2.45, 2.75) is 25.4 Å². The van der Waals surface area contributed by atoms with E-state index >= 15 is 0 Å². The van der Waals surface area contributed by atoms with Crippen LogP contribution in [0.3, 0.4) is 0 Å². The molecule has 3 rings (SSSR count). The third kappa shape index (κ3) is 5.42. The molecular formula is C20H28N4O3S. The summed E-state index contributed by atoms with van der Waals surface area (Å²) < 4.78 is 25.7. The molecule has 2 aromatic rings. The van der Waals surface area contributed by atoms with Crippen LogP contribution in [0.2, 0.25) is 0 Å². The molecular weight excluding hydrogens is 376 g/mol. The van der Waals surface area contributed by atoms with Crippen molar-refractivity contribution in [1.82, 2.24) is 19.6 Å². The van der Waals surface area contributed by atoms with E-state index in [4.69, 9.17) is 0 Å². The molecule has 0 N–H and O–H groups in total. The number of carbonyl (C=O) groups is 1. The van der Waals surface area contributed by atoms with Gasteiger partial charge in [-0.3, -0.25) is 9.48 Å². The van der Waals surface area contributed by atoms with Crippen LogP contribution in [-0.2, 0) is 16.4 Å². The quantitative estimate of drug-likeness (QED) is 0.667. The van der Waals surface area contributed by atoms with E-state index < -0.39 is 9.84 Å². The second-order valence-corrected chi connectivity index (χ2v) is 9.84. The Kier molecular flexibility index (Phi) is 6.51. The van der Waals surface area contributed by atoms with Gasteiger partial charge in [0.15, 0.2) is 9.84 Å². The van der Waals surface area contributed by atoms with Gasteiger partial charge in [0.05, 0.1) is 18.1 Å². The van der Waals surface area contributed by atoms with Crippen LogP contribution in [0, 0.1) is 0 Å². The van der Waals surface area contributed by atoms with Crippen molar-refractivity contribution in [3.05, 3.63) is 53.9 Å². The molecule has 1 amide bonds. The van der Waals surface area contributed by atoms with E-state index in [-0.39, 0.29) is 23.5 Å². The fraction of sp³-hybridized carbons (Fsp3) is 0.500. The summed E-state index contributed by atoms with van der Waals surface area (Å²) in [6, 6.07) is 9.14. The van der Waals surface area contributed by atoms with Gasteiger partial charge in [-0.15, -0.1) is 0 Å². The molecule has 0 bridgehead atoms. The molecule has 1 saturated heterocycles. The van der Waals surface area contributed by atoms with Crippen molar-refractivity contribution in [3.8, 4) is 0 Å². The molecule has 0 radical (unpaired) electrons. The maximum atomic E-state index is 13.1. The molecule has 1 aromatic heterocycles. The summed E-state index contributed by atoms with van der Waals surface area (Å²) in [5.41, 5.74) is 1.65. The molecule has 0 aliphatic carbocycles. The van der Waals surface area contributed by atoms with E-state index in [1.807, 2.05) is 55.3 Å². The molecule has 1 atom stereocenters. The van der Waals surface area contributed by atoms with E-state index in [1.54, 1.807) is 11.1 Å². The first-order chi connectivity index (χ1) is 13.3. The molecule has 0 saturated carbocycles. The third-order valence-electron chi connectivity index (χ3n) is 5.02. The lowest BCUT2D eigenvalue weighted by Crippen LogP contribution is -2.42. The van der Waals surface area contributed by atoms with E-state index in [9.17, 15) is 13.2 Å². The van der Waals surface area contributed by atoms with Crippen LogP contribution in [-0.4, -0.2) is 78.6 Å². The van der Waals surface area contributed by atoms with E-state index in [0.29, 0.717) is 25.1 Å².